The molecule has 0 aliphatic carbocycles. The highest BCUT2D eigenvalue weighted by Crippen LogP contribution is 2.24. The minimum Gasteiger partial charge on any atom is -0.497 e. The monoisotopic (exact) mass is 286 g/mol. The molecule has 1 heterocycles. The van der Waals surface area contributed by atoms with E-state index >= 15 is 0 Å². The van der Waals surface area contributed by atoms with E-state index in [1.54, 1.807) is 7.11 Å². The van der Waals surface area contributed by atoms with Crippen LogP contribution in [0, 0.1) is 13.8 Å². The van der Waals surface area contributed by atoms with E-state index in [9.17, 15) is 0 Å². The molecule has 21 heavy (non-hydrogen) atoms. The van der Waals surface area contributed by atoms with Gasteiger partial charge in [-0.2, -0.15) is 0 Å². The molecule has 1 aromatic heterocycles. The molecule has 0 atom stereocenters. The fraction of sp³-hybridized carbons (Fsp3) is 0.375. The molecular formula is C16H22N4O. The molecule has 5 nitrogen and oxygen atoms in total. The van der Waals surface area contributed by atoms with Crippen LogP contribution in [0.2, 0.25) is 0 Å². The molecule has 0 amide bonds. The van der Waals surface area contributed by atoms with Gasteiger partial charge in [-0.1, -0.05) is 6.92 Å². The average molecular weight is 286 g/mol. The van der Waals surface area contributed by atoms with E-state index in [1.165, 1.54) is 0 Å². The fourth-order valence-electron chi connectivity index (χ4n) is 1.98. The van der Waals surface area contributed by atoms with Gasteiger partial charge in [-0.25, -0.2) is 9.97 Å². The first-order valence-corrected chi connectivity index (χ1v) is 7.14. The van der Waals surface area contributed by atoms with E-state index in [-0.39, 0.29) is 0 Å². The highest BCUT2D eigenvalue weighted by atomic mass is 16.5. The number of aryl methyl sites for hydroxylation is 1. The summed E-state index contributed by atoms with van der Waals surface area (Å²) in [5.41, 5.74) is 1.99. The first-order chi connectivity index (χ1) is 10.1. The predicted molar refractivity (Wildman–Crippen MR) is 86.6 cm³/mol. The summed E-state index contributed by atoms with van der Waals surface area (Å²) in [4.78, 5) is 8.94. The van der Waals surface area contributed by atoms with Gasteiger partial charge in [0.15, 0.2) is 0 Å². The highest BCUT2D eigenvalue weighted by molar-refractivity contribution is 5.65. The summed E-state index contributed by atoms with van der Waals surface area (Å²) < 4.78 is 5.16. The van der Waals surface area contributed by atoms with E-state index in [2.05, 4.69) is 27.5 Å². The summed E-state index contributed by atoms with van der Waals surface area (Å²) in [5.74, 6) is 3.29. The lowest BCUT2D eigenvalue weighted by Crippen LogP contribution is -2.08. The van der Waals surface area contributed by atoms with Crippen molar-refractivity contribution in [3.05, 3.63) is 35.7 Å². The fourth-order valence-corrected chi connectivity index (χ4v) is 1.98. The molecule has 1 aromatic carbocycles. The number of benzene rings is 1. The van der Waals surface area contributed by atoms with Crippen molar-refractivity contribution >= 4 is 17.3 Å². The van der Waals surface area contributed by atoms with Crippen LogP contribution >= 0.6 is 0 Å². The van der Waals surface area contributed by atoms with Gasteiger partial charge in [-0.3, -0.25) is 0 Å². The number of rotatable bonds is 6. The Balaban J connectivity index is 2.23. The Labute approximate surface area is 125 Å². The van der Waals surface area contributed by atoms with Crippen LogP contribution in [-0.4, -0.2) is 23.6 Å². The molecule has 0 aliphatic rings. The predicted octanol–water partition coefficient (Wildman–Crippen LogP) is 3.67. The first-order valence-electron chi connectivity index (χ1n) is 7.14. The van der Waals surface area contributed by atoms with Crippen LogP contribution in [0.15, 0.2) is 24.3 Å². The molecule has 2 aromatic rings. The zero-order chi connectivity index (χ0) is 15.2. The van der Waals surface area contributed by atoms with Gasteiger partial charge in [0.2, 0.25) is 0 Å². The van der Waals surface area contributed by atoms with Gasteiger partial charge in [0.25, 0.3) is 0 Å². The smallest absolute Gasteiger partial charge is 0.139 e. The van der Waals surface area contributed by atoms with E-state index < -0.39 is 0 Å². The summed E-state index contributed by atoms with van der Waals surface area (Å²) in [6, 6.07) is 7.77. The van der Waals surface area contributed by atoms with Gasteiger partial charge in [0.1, 0.15) is 23.2 Å². The minimum atomic E-state index is 0.746. The largest absolute Gasteiger partial charge is 0.497 e. The lowest BCUT2D eigenvalue weighted by molar-refractivity contribution is 0.415. The standard InChI is InChI=1S/C16H22N4O/c1-5-10-17-15-11(2)16(19-12(3)18-15)20-13-6-8-14(21-4)9-7-13/h6-9H,5,10H2,1-4H3,(H2,17,18,19,20). The number of methoxy groups -OCH3 is 1. The number of nitrogens with one attached hydrogen (secondary N) is 2. The molecule has 0 unspecified atom stereocenters. The summed E-state index contributed by atoms with van der Waals surface area (Å²) in [6.07, 6.45) is 1.06. The van der Waals surface area contributed by atoms with Crippen molar-refractivity contribution in [3.63, 3.8) is 0 Å². The zero-order valence-electron chi connectivity index (χ0n) is 13.0. The number of hydrogen-bond acceptors (Lipinski definition) is 5. The summed E-state index contributed by atoms with van der Waals surface area (Å²) in [6.45, 7) is 6.95. The maximum Gasteiger partial charge on any atom is 0.139 e. The molecule has 2 N–H and O–H groups in total. The molecule has 0 aliphatic heterocycles. The van der Waals surface area contributed by atoms with Gasteiger partial charge in [0.05, 0.1) is 7.11 Å². The molecule has 2 rings (SSSR count). The SMILES string of the molecule is CCCNc1nc(C)nc(Nc2ccc(OC)cc2)c1C. The van der Waals surface area contributed by atoms with Gasteiger partial charge in [0, 0.05) is 17.8 Å². The molecule has 0 fully saturated rings. The zero-order valence-corrected chi connectivity index (χ0v) is 13.0. The molecule has 0 saturated carbocycles. The van der Waals surface area contributed by atoms with Crippen molar-refractivity contribution in [1.29, 1.82) is 0 Å². The van der Waals surface area contributed by atoms with Crippen molar-refractivity contribution < 1.29 is 4.74 Å². The van der Waals surface area contributed by atoms with E-state index in [0.717, 1.165) is 47.4 Å². The lowest BCUT2D eigenvalue weighted by atomic mass is 10.2. The first kappa shape index (κ1) is 15.1. The van der Waals surface area contributed by atoms with Crippen LogP contribution in [0.1, 0.15) is 24.7 Å². The van der Waals surface area contributed by atoms with Crippen LogP contribution in [0.5, 0.6) is 5.75 Å². The second-order valence-corrected chi connectivity index (χ2v) is 4.87. The Morgan fingerprint density at radius 3 is 2.33 bits per heavy atom. The van der Waals surface area contributed by atoms with E-state index in [1.807, 2.05) is 38.1 Å². The van der Waals surface area contributed by atoms with Crippen LogP contribution in [0.25, 0.3) is 0 Å². The second kappa shape index (κ2) is 6.92. The van der Waals surface area contributed by atoms with E-state index in [4.69, 9.17) is 4.74 Å². The molecule has 0 bridgehead atoms. The van der Waals surface area contributed by atoms with E-state index in [0.29, 0.717) is 0 Å². The molecule has 5 heteroatoms. The van der Waals surface area contributed by atoms with Crippen molar-refractivity contribution in [3.8, 4) is 5.75 Å². The van der Waals surface area contributed by atoms with Crippen LogP contribution in [0.3, 0.4) is 0 Å². The van der Waals surface area contributed by atoms with Crippen molar-refractivity contribution in [2.45, 2.75) is 27.2 Å². The van der Waals surface area contributed by atoms with Gasteiger partial charge in [-0.05, 0) is 44.5 Å². The van der Waals surface area contributed by atoms with Crippen molar-refractivity contribution in [1.82, 2.24) is 9.97 Å². The highest BCUT2D eigenvalue weighted by Gasteiger charge is 2.09. The second-order valence-electron chi connectivity index (χ2n) is 4.87. The number of ether oxygens (including phenoxy) is 1. The Kier molecular flexibility index (Phi) is 4.98. The Morgan fingerprint density at radius 2 is 1.71 bits per heavy atom. The molecule has 0 saturated heterocycles. The number of aromatic nitrogens is 2. The molecular weight excluding hydrogens is 264 g/mol. The molecule has 0 spiro atoms. The van der Waals surface area contributed by atoms with Crippen molar-refractivity contribution in [2.24, 2.45) is 0 Å². The lowest BCUT2D eigenvalue weighted by Gasteiger charge is -2.14. The number of nitrogens with zero attached hydrogens (tertiary/aromatic N) is 2. The molecule has 0 radical (unpaired) electrons. The topological polar surface area (TPSA) is 59.1 Å². The Bertz CT molecular complexity index is 596. The van der Waals surface area contributed by atoms with Crippen LogP contribution in [-0.2, 0) is 0 Å². The maximum atomic E-state index is 5.16. The average Bonchev–Trinajstić information content (AvgIpc) is 2.50. The third kappa shape index (κ3) is 3.84. The van der Waals surface area contributed by atoms with Crippen LogP contribution < -0.4 is 15.4 Å². The third-order valence-corrected chi connectivity index (χ3v) is 3.15. The third-order valence-electron chi connectivity index (χ3n) is 3.15. The van der Waals surface area contributed by atoms with Crippen molar-refractivity contribution in [2.75, 3.05) is 24.3 Å². The molecule has 112 valence electrons. The summed E-state index contributed by atoms with van der Waals surface area (Å²) >= 11 is 0. The quantitative estimate of drug-likeness (QED) is 0.848. The Morgan fingerprint density at radius 1 is 1.05 bits per heavy atom. The normalized spacial score (nSPS) is 10.3. The summed E-state index contributed by atoms with van der Waals surface area (Å²) in [7, 11) is 1.66. The van der Waals surface area contributed by atoms with Gasteiger partial charge in [-0.15, -0.1) is 0 Å². The van der Waals surface area contributed by atoms with Gasteiger partial charge < -0.3 is 15.4 Å². The number of hydrogen-bond donors (Lipinski definition) is 2. The van der Waals surface area contributed by atoms with Crippen LogP contribution in [0.4, 0.5) is 17.3 Å². The Hall–Kier alpha value is -2.30. The van der Waals surface area contributed by atoms with Gasteiger partial charge >= 0.3 is 0 Å². The summed E-state index contributed by atoms with van der Waals surface area (Å²) in [5, 5.41) is 6.67. The minimum absolute atomic E-state index is 0.746. The number of anilines is 3. The maximum absolute atomic E-state index is 5.16.